The van der Waals surface area contributed by atoms with Gasteiger partial charge < -0.3 is 9.67 Å². The summed E-state index contributed by atoms with van der Waals surface area (Å²) in [6, 6.07) is 0. The zero-order valence-corrected chi connectivity index (χ0v) is 12.0. The van der Waals surface area contributed by atoms with Crippen LogP contribution in [0.2, 0.25) is 0 Å². The lowest BCUT2D eigenvalue weighted by Crippen LogP contribution is -2.37. The summed E-state index contributed by atoms with van der Waals surface area (Å²) in [5.41, 5.74) is -1.30. The molecular weight excluding hydrogens is 288 g/mol. The maximum absolute atomic E-state index is 12.1. The number of aliphatic hydroxyl groups is 1. The van der Waals surface area contributed by atoms with Gasteiger partial charge in [0.25, 0.3) is 5.56 Å². The van der Waals surface area contributed by atoms with Crippen LogP contribution in [0.15, 0.2) is 14.7 Å². The van der Waals surface area contributed by atoms with E-state index in [-0.39, 0.29) is 29.5 Å². The van der Waals surface area contributed by atoms with Gasteiger partial charge in [0.05, 0.1) is 6.61 Å². The third kappa shape index (κ3) is 1.96. The molecule has 2 rings (SSSR count). The molecule has 2 heterocycles. The van der Waals surface area contributed by atoms with Gasteiger partial charge in [0.2, 0.25) is 15.0 Å². The van der Waals surface area contributed by atoms with Crippen molar-refractivity contribution in [1.29, 1.82) is 0 Å². The zero-order chi connectivity index (χ0) is 15.2. The fraction of sp³-hybridized carbons (Fsp3) is 0.500. The van der Waals surface area contributed by atoms with E-state index in [2.05, 4.69) is 4.98 Å². The number of sulfone groups is 1. The van der Waals surface area contributed by atoms with E-state index in [0.717, 1.165) is 20.0 Å². The van der Waals surface area contributed by atoms with E-state index >= 15 is 0 Å². The van der Waals surface area contributed by atoms with Gasteiger partial charge in [0, 0.05) is 26.9 Å². The van der Waals surface area contributed by atoms with Crippen LogP contribution in [-0.2, 0) is 30.5 Å². The molecule has 20 heavy (non-hydrogen) atoms. The third-order valence-corrected chi connectivity index (χ3v) is 3.94. The van der Waals surface area contributed by atoms with Crippen LogP contribution in [-0.4, -0.2) is 45.1 Å². The first-order valence-corrected chi connectivity index (χ1v) is 7.56. The zero-order valence-electron chi connectivity index (χ0n) is 11.2. The summed E-state index contributed by atoms with van der Waals surface area (Å²) in [5, 5.41) is 8.70. The highest BCUT2D eigenvalue weighted by atomic mass is 32.2. The number of hydrogen-bond donors (Lipinski definition) is 1. The van der Waals surface area contributed by atoms with Crippen molar-refractivity contribution in [2.45, 2.75) is 11.7 Å². The van der Waals surface area contributed by atoms with Crippen LogP contribution < -0.4 is 11.2 Å². The van der Waals surface area contributed by atoms with Gasteiger partial charge in [-0.2, -0.15) is 4.98 Å². The van der Waals surface area contributed by atoms with Crippen molar-refractivity contribution < 1.29 is 13.5 Å². The molecule has 110 valence electrons. The molecule has 0 aliphatic rings. The highest BCUT2D eigenvalue weighted by Gasteiger charge is 2.24. The predicted molar refractivity (Wildman–Crippen MR) is 70.4 cm³/mol. The van der Waals surface area contributed by atoms with E-state index in [1.54, 1.807) is 0 Å². The molecule has 0 fully saturated rings. The smallest absolute Gasteiger partial charge is 0.332 e. The average Bonchev–Trinajstić information content (AvgIpc) is 2.74. The molecule has 0 atom stereocenters. The Morgan fingerprint density at radius 3 is 2.30 bits per heavy atom. The molecule has 1 N–H and O–H groups in total. The van der Waals surface area contributed by atoms with Crippen LogP contribution in [0, 0.1) is 0 Å². The van der Waals surface area contributed by atoms with Gasteiger partial charge in [-0.05, 0) is 0 Å². The molecule has 9 nitrogen and oxygen atoms in total. The van der Waals surface area contributed by atoms with Crippen LogP contribution in [0.5, 0.6) is 0 Å². The Kier molecular flexibility index (Phi) is 3.30. The number of imidazole rings is 1. The van der Waals surface area contributed by atoms with Crippen molar-refractivity contribution in [2.75, 3.05) is 12.9 Å². The minimum atomic E-state index is -3.70. The second kappa shape index (κ2) is 4.56. The van der Waals surface area contributed by atoms with Crippen LogP contribution in [0.3, 0.4) is 0 Å². The van der Waals surface area contributed by atoms with Crippen LogP contribution in [0.4, 0.5) is 0 Å². The standard InChI is InChI=1S/C10H14N4O5S/c1-12-7-6(8(16)13(2)10(12)17)14(4-5-15)9(11-7)20(3,18)19/h15H,4-5H2,1-3H3. The summed E-state index contributed by atoms with van der Waals surface area (Å²) in [6.45, 7) is -0.466. The van der Waals surface area contributed by atoms with Crippen molar-refractivity contribution in [2.24, 2.45) is 14.1 Å². The summed E-state index contributed by atoms with van der Waals surface area (Å²) >= 11 is 0. The van der Waals surface area contributed by atoms with E-state index < -0.39 is 21.1 Å². The molecule has 0 bridgehead atoms. The second-order valence-corrected chi connectivity index (χ2v) is 6.33. The van der Waals surface area contributed by atoms with Gasteiger partial charge in [-0.3, -0.25) is 13.9 Å². The quantitative estimate of drug-likeness (QED) is 0.689. The van der Waals surface area contributed by atoms with Gasteiger partial charge in [-0.1, -0.05) is 0 Å². The largest absolute Gasteiger partial charge is 0.395 e. The van der Waals surface area contributed by atoms with E-state index in [1.165, 1.54) is 14.1 Å². The lowest BCUT2D eigenvalue weighted by Gasteiger charge is -2.06. The van der Waals surface area contributed by atoms with Gasteiger partial charge in [-0.15, -0.1) is 0 Å². The predicted octanol–water partition coefficient (Wildman–Crippen LogP) is -2.17. The molecule has 0 amide bonds. The first-order chi connectivity index (χ1) is 9.20. The fourth-order valence-corrected chi connectivity index (χ4v) is 2.85. The molecule has 2 aromatic rings. The van der Waals surface area contributed by atoms with E-state index in [1.807, 2.05) is 0 Å². The average molecular weight is 302 g/mol. The third-order valence-electron chi connectivity index (χ3n) is 2.97. The van der Waals surface area contributed by atoms with Gasteiger partial charge in [-0.25, -0.2) is 13.2 Å². The number of aryl methyl sites for hydroxylation is 1. The van der Waals surface area contributed by atoms with Crippen molar-refractivity contribution in [3.8, 4) is 0 Å². The van der Waals surface area contributed by atoms with Crippen molar-refractivity contribution >= 4 is 21.0 Å². The Balaban J connectivity index is 3.12. The minimum absolute atomic E-state index is 0.0213. The molecule has 0 radical (unpaired) electrons. The van der Waals surface area contributed by atoms with E-state index in [9.17, 15) is 18.0 Å². The topological polar surface area (TPSA) is 116 Å². The number of nitrogens with zero attached hydrogens (tertiary/aromatic N) is 4. The van der Waals surface area contributed by atoms with Crippen molar-refractivity contribution in [3.63, 3.8) is 0 Å². The molecule has 0 unspecified atom stereocenters. The number of aromatic nitrogens is 4. The molecule has 0 saturated heterocycles. The normalized spacial score (nSPS) is 12.2. The van der Waals surface area contributed by atoms with Crippen LogP contribution in [0.1, 0.15) is 0 Å². The Labute approximate surface area is 113 Å². The minimum Gasteiger partial charge on any atom is -0.395 e. The maximum Gasteiger partial charge on any atom is 0.332 e. The molecule has 2 aromatic heterocycles. The lowest BCUT2D eigenvalue weighted by atomic mass is 10.5. The number of aliphatic hydroxyl groups excluding tert-OH is 1. The van der Waals surface area contributed by atoms with Gasteiger partial charge in [0.1, 0.15) is 0 Å². The summed E-state index contributed by atoms with van der Waals surface area (Å²) in [6.07, 6.45) is 0.949. The van der Waals surface area contributed by atoms with Crippen LogP contribution >= 0.6 is 0 Å². The molecule has 0 aromatic carbocycles. The molecule has 0 spiro atoms. The number of rotatable bonds is 3. The van der Waals surface area contributed by atoms with Crippen LogP contribution in [0.25, 0.3) is 11.2 Å². The Morgan fingerprint density at radius 2 is 1.80 bits per heavy atom. The Hall–Kier alpha value is -1.94. The molecule has 0 aliphatic heterocycles. The second-order valence-electron chi connectivity index (χ2n) is 4.42. The SMILES string of the molecule is Cn1c(=O)c2c(nc(S(C)(=O)=O)n2CCO)n(C)c1=O. The first-order valence-electron chi connectivity index (χ1n) is 5.67. The number of hydrogen-bond acceptors (Lipinski definition) is 6. The van der Waals surface area contributed by atoms with Crippen molar-refractivity contribution in [3.05, 3.63) is 20.8 Å². The summed E-state index contributed by atoms with van der Waals surface area (Å²) < 4.78 is 26.5. The molecule has 10 heteroatoms. The Bertz CT molecular complexity index is 902. The fourth-order valence-electron chi connectivity index (χ4n) is 2.02. The summed E-state index contributed by atoms with van der Waals surface area (Å²) in [7, 11) is -1.01. The van der Waals surface area contributed by atoms with Crippen molar-refractivity contribution in [1.82, 2.24) is 18.7 Å². The first kappa shape index (κ1) is 14.5. The summed E-state index contributed by atoms with van der Waals surface area (Å²) in [4.78, 5) is 27.8. The highest BCUT2D eigenvalue weighted by molar-refractivity contribution is 7.90. The van der Waals surface area contributed by atoms with Gasteiger partial charge >= 0.3 is 5.69 Å². The molecular formula is C10H14N4O5S. The van der Waals surface area contributed by atoms with E-state index in [4.69, 9.17) is 5.11 Å². The van der Waals surface area contributed by atoms with Gasteiger partial charge in [0.15, 0.2) is 11.2 Å². The molecule has 0 aliphatic carbocycles. The lowest BCUT2D eigenvalue weighted by molar-refractivity contribution is 0.273. The monoisotopic (exact) mass is 302 g/mol. The highest BCUT2D eigenvalue weighted by Crippen LogP contribution is 2.15. The van der Waals surface area contributed by atoms with E-state index in [0.29, 0.717) is 0 Å². The Morgan fingerprint density at radius 1 is 1.20 bits per heavy atom. The molecule has 0 saturated carbocycles. The summed E-state index contributed by atoms with van der Waals surface area (Å²) in [5.74, 6) is 0. The maximum atomic E-state index is 12.1. The number of fused-ring (bicyclic) bond motifs is 1.